The second-order valence-corrected chi connectivity index (χ2v) is 4.85. The van der Waals surface area contributed by atoms with E-state index in [0.29, 0.717) is 24.6 Å². The molecule has 1 rings (SSSR count). The zero-order valence-corrected chi connectivity index (χ0v) is 11.3. The minimum atomic E-state index is 0.383. The average Bonchev–Trinajstić information content (AvgIpc) is 2.72. The lowest BCUT2D eigenvalue weighted by Crippen LogP contribution is -2.21. The minimum absolute atomic E-state index is 0.383. The second-order valence-electron chi connectivity index (χ2n) is 4.85. The molecule has 0 fully saturated rings. The van der Waals surface area contributed by atoms with Gasteiger partial charge in [-0.3, -0.25) is 0 Å². The maximum absolute atomic E-state index is 5.50. The Morgan fingerprint density at radius 1 is 1.41 bits per heavy atom. The van der Waals surface area contributed by atoms with Crippen LogP contribution in [-0.2, 0) is 6.54 Å². The molecule has 1 heterocycles. The molecular formula is C13H24N2O2. The van der Waals surface area contributed by atoms with Crippen molar-refractivity contribution in [1.82, 2.24) is 10.3 Å². The van der Waals surface area contributed by atoms with Gasteiger partial charge in [-0.05, 0) is 12.3 Å². The number of aromatic nitrogens is 1. The Hall–Kier alpha value is -1.03. The first kappa shape index (κ1) is 14.0. The van der Waals surface area contributed by atoms with Crippen molar-refractivity contribution in [1.29, 1.82) is 0 Å². The van der Waals surface area contributed by atoms with Crippen molar-refractivity contribution in [2.45, 2.75) is 53.1 Å². The highest BCUT2D eigenvalue weighted by Crippen LogP contribution is 2.13. The third-order valence-corrected chi connectivity index (χ3v) is 2.49. The van der Waals surface area contributed by atoms with Crippen LogP contribution in [0.15, 0.2) is 10.7 Å². The Balaban J connectivity index is 2.30. The third-order valence-electron chi connectivity index (χ3n) is 2.49. The highest BCUT2D eigenvalue weighted by molar-refractivity contribution is 4.99. The maximum Gasteiger partial charge on any atom is 0.393 e. The molecule has 17 heavy (non-hydrogen) atoms. The van der Waals surface area contributed by atoms with Gasteiger partial charge in [-0.25, -0.2) is 0 Å². The number of nitrogens with zero attached hydrogens (tertiary/aromatic N) is 1. The molecule has 0 aliphatic rings. The molecule has 0 saturated heterocycles. The van der Waals surface area contributed by atoms with E-state index in [4.69, 9.17) is 9.15 Å². The van der Waals surface area contributed by atoms with E-state index < -0.39 is 0 Å². The molecule has 0 aromatic carbocycles. The molecule has 1 aromatic heterocycles. The van der Waals surface area contributed by atoms with Crippen LogP contribution in [-0.4, -0.2) is 17.6 Å². The van der Waals surface area contributed by atoms with Crippen LogP contribution < -0.4 is 10.1 Å². The van der Waals surface area contributed by atoms with Crippen molar-refractivity contribution in [3.8, 4) is 6.08 Å². The van der Waals surface area contributed by atoms with Gasteiger partial charge in [0.15, 0.2) is 0 Å². The number of nitrogens with one attached hydrogen (secondary N) is 1. The Bertz CT molecular complexity index is 310. The van der Waals surface area contributed by atoms with Gasteiger partial charge in [-0.15, -0.1) is 0 Å². The molecule has 0 aliphatic heterocycles. The van der Waals surface area contributed by atoms with Gasteiger partial charge >= 0.3 is 6.08 Å². The van der Waals surface area contributed by atoms with Crippen LogP contribution in [0.5, 0.6) is 6.08 Å². The molecule has 0 aliphatic carbocycles. The van der Waals surface area contributed by atoms with Crippen molar-refractivity contribution in [3.05, 3.63) is 12.0 Å². The zero-order valence-electron chi connectivity index (χ0n) is 11.3. The van der Waals surface area contributed by atoms with Crippen LogP contribution in [0.2, 0.25) is 0 Å². The van der Waals surface area contributed by atoms with E-state index in [1.807, 2.05) is 0 Å². The third kappa shape index (κ3) is 5.73. The standard InChI is InChI=1S/C13H24N2O2/c1-5-6-11(4)8-16-13-15-12(9-17-13)7-14-10(2)3/h9-11,14H,5-8H2,1-4H3. The summed E-state index contributed by atoms with van der Waals surface area (Å²) >= 11 is 0. The van der Waals surface area contributed by atoms with Gasteiger partial charge in [0.1, 0.15) is 6.26 Å². The van der Waals surface area contributed by atoms with Crippen LogP contribution >= 0.6 is 0 Å². The van der Waals surface area contributed by atoms with Gasteiger partial charge in [0.2, 0.25) is 0 Å². The highest BCUT2D eigenvalue weighted by Gasteiger charge is 2.07. The van der Waals surface area contributed by atoms with E-state index in [2.05, 4.69) is 38.0 Å². The SMILES string of the molecule is CCCC(C)COc1nc(CNC(C)C)co1. The largest absolute Gasteiger partial charge is 0.450 e. The lowest BCUT2D eigenvalue weighted by molar-refractivity contribution is 0.190. The Kier molecular flexibility index (Phi) is 6.05. The Labute approximate surface area is 104 Å². The van der Waals surface area contributed by atoms with Gasteiger partial charge < -0.3 is 14.5 Å². The topological polar surface area (TPSA) is 47.3 Å². The summed E-state index contributed by atoms with van der Waals surface area (Å²) in [6.45, 7) is 9.94. The molecule has 0 saturated carbocycles. The fourth-order valence-electron chi connectivity index (χ4n) is 1.53. The number of hydrogen-bond acceptors (Lipinski definition) is 4. The van der Waals surface area contributed by atoms with Gasteiger partial charge in [0.05, 0.1) is 12.3 Å². The highest BCUT2D eigenvalue weighted by atomic mass is 16.6. The molecule has 1 N–H and O–H groups in total. The van der Waals surface area contributed by atoms with Crippen LogP contribution in [0.25, 0.3) is 0 Å². The molecule has 1 aromatic rings. The van der Waals surface area contributed by atoms with Gasteiger partial charge in [0.25, 0.3) is 0 Å². The lowest BCUT2D eigenvalue weighted by Gasteiger charge is -2.08. The maximum atomic E-state index is 5.50. The predicted octanol–water partition coefficient (Wildman–Crippen LogP) is 2.99. The molecule has 0 spiro atoms. The van der Waals surface area contributed by atoms with Gasteiger partial charge in [0, 0.05) is 12.6 Å². The molecule has 1 atom stereocenters. The molecule has 98 valence electrons. The summed E-state index contributed by atoms with van der Waals surface area (Å²) in [5, 5.41) is 3.28. The molecule has 4 heteroatoms. The van der Waals surface area contributed by atoms with Crippen LogP contribution in [0.4, 0.5) is 0 Å². The quantitative estimate of drug-likeness (QED) is 0.759. The van der Waals surface area contributed by atoms with E-state index in [1.165, 1.54) is 12.8 Å². The van der Waals surface area contributed by atoms with Gasteiger partial charge in [-0.2, -0.15) is 4.98 Å². The van der Waals surface area contributed by atoms with E-state index in [1.54, 1.807) is 6.26 Å². The first-order chi connectivity index (χ1) is 8.11. The number of rotatable bonds is 8. The van der Waals surface area contributed by atoms with E-state index in [-0.39, 0.29) is 0 Å². The summed E-state index contributed by atoms with van der Waals surface area (Å²) in [4.78, 5) is 4.26. The lowest BCUT2D eigenvalue weighted by atomic mass is 10.1. The fourth-order valence-corrected chi connectivity index (χ4v) is 1.53. The van der Waals surface area contributed by atoms with Crippen LogP contribution in [0, 0.1) is 5.92 Å². The molecule has 0 radical (unpaired) electrons. The van der Waals surface area contributed by atoms with Crippen molar-refractivity contribution >= 4 is 0 Å². The molecule has 0 bridgehead atoms. The van der Waals surface area contributed by atoms with E-state index >= 15 is 0 Å². The summed E-state index contributed by atoms with van der Waals surface area (Å²) in [6.07, 6.45) is 4.38. The minimum Gasteiger partial charge on any atom is -0.450 e. The zero-order chi connectivity index (χ0) is 12.7. The van der Waals surface area contributed by atoms with Crippen molar-refractivity contribution in [2.24, 2.45) is 5.92 Å². The predicted molar refractivity (Wildman–Crippen MR) is 68.0 cm³/mol. The first-order valence-corrected chi connectivity index (χ1v) is 6.42. The number of ether oxygens (including phenoxy) is 1. The normalized spacial score (nSPS) is 13.0. The number of hydrogen-bond donors (Lipinski definition) is 1. The van der Waals surface area contributed by atoms with Crippen molar-refractivity contribution in [2.75, 3.05) is 6.61 Å². The van der Waals surface area contributed by atoms with Crippen molar-refractivity contribution < 1.29 is 9.15 Å². The fraction of sp³-hybridized carbons (Fsp3) is 0.769. The second kappa shape index (κ2) is 7.33. The summed E-state index contributed by atoms with van der Waals surface area (Å²) in [5.41, 5.74) is 0.886. The van der Waals surface area contributed by atoms with Gasteiger partial charge in [-0.1, -0.05) is 34.1 Å². The van der Waals surface area contributed by atoms with Crippen molar-refractivity contribution in [3.63, 3.8) is 0 Å². The molecule has 1 unspecified atom stereocenters. The Morgan fingerprint density at radius 3 is 2.82 bits per heavy atom. The summed E-state index contributed by atoms with van der Waals surface area (Å²) in [7, 11) is 0. The van der Waals surface area contributed by atoms with Crippen LogP contribution in [0.1, 0.15) is 46.2 Å². The monoisotopic (exact) mass is 240 g/mol. The van der Waals surface area contributed by atoms with E-state index in [0.717, 1.165) is 12.2 Å². The summed E-state index contributed by atoms with van der Waals surface area (Å²) in [6, 6.07) is 0.445. The number of oxazole rings is 1. The van der Waals surface area contributed by atoms with E-state index in [9.17, 15) is 0 Å². The van der Waals surface area contributed by atoms with Crippen LogP contribution in [0.3, 0.4) is 0 Å². The molecule has 4 nitrogen and oxygen atoms in total. The summed E-state index contributed by atoms with van der Waals surface area (Å²) in [5.74, 6) is 0.545. The average molecular weight is 240 g/mol. The summed E-state index contributed by atoms with van der Waals surface area (Å²) < 4.78 is 10.8. The Morgan fingerprint density at radius 2 is 2.18 bits per heavy atom. The smallest absolute Gasteiger partial charge is 0.393 e. The molecule has 0 amide bonds. The molecular weight excluding hydrogens is 216 g/mol. The first-order valence-electron chi connectivity index (χ1n) is 6.42.